The third kappa shape index (κ3) is 4.19. The normalized spacial score (nSPS) is 17.2. The number of rotatable bonds is 6. The first kappa shape index (κ1) is 17.9. The zero-order chi connectivity index (χ0) is 17.8. The number of hydrogen-bond donors (Lipinski definition) is 0. The second kappa shape index (κ2) is 7.97. The number of nitrogens with zero attached hydrogens (tertiary/aromatic N) is 1. The maximum absolute atomic E-state index is 13.3. The number of ether oxygens (including phenoxy) is 1. The van der Waals surface area contributed by atoms with Gasteiger partial charge in [0, 0.05) is 6.54 Å². The van der Waals surface area contributed by atoms with Crippen LogP contribution in [-0.4, -0.2) is 26.9 Å². The fraction of sp³-hybridized carbons (Fsp3) is 0.263. The van der Waals surface area contributed by atoms with Gasteiger partial charge >= 0.3 is 0 Å². The number of thiocarbonyl (C=S) groups is 1. The molecule has 0 saturated carbocycles. The maximum Gasteiger partial charge on any atom is 0.241 e. The molecule has 0 spiro atoms. The fourth-order valence-electron chi connectivity index (χ4n) is 2.71. The molecule has 130 valence electrons. The van der Waals surface area contributed by atoms with Crippen molar-refractivity contribution in [3.8, 4) is 5.75 Å². The van der Waals surface area contributed by atoms with E-state index in [2.05, 4.69) is 0 Å². The van der Waals surface area contributed by atoms with Crippen LogP contribution in [0.15, 0.2) is 48.5 Å². The van der Waals surface area contributed by atoms with Gasteiger partial charge in [0.05, 0.1) is 5.25 Å². The molecule has 1 amide bonds. The summed E-state index contributed by atoms with van der Waals surface area (Å²) in [7, 11) is 0. The minimum absolute atomic E-state index is 0.0532. The highest BCUT2D eigenvalue weighted by Crippen LogP contribution is 2.32. The van der Waals surface area contributed by atoms with Crippen molar-refractivity contribution >= 4 is 34.2 Å². The standard InChI is InChI=1S/C19H18FNO2S2/c1-2-21-18(22)17(25-19(21)24)11-14-7-3-4-9-16(14)23-12-13-6-5-8-15(20)10-13/h3-10,17H,2,11-12H2,1H3/t17-/m0/s1. The zero-order valence-corrected chi connectivity index (χ0v) is 15.4. The lowest BCUT2D eigenvalue weighted by atomic mass is 10.1. The van der Waals surface area contributed by atoms with Crippen molar-refractivity contribution in [2.45, 2.75) is 25.2 Å². The van der Waals surface area contributed by atoms with E-state index in [-0.39, 0.29) is 23.6 Å². The van der Waals surface area contributed by atoms with Gasteiger partial charge in [0.1, 0.15) is 22.5 Å². The summed E-state index contributed by atoms with van der Waals surface area (Å²) >= 11 is 6.70. The van der Waals surface area contributed by atoms with Gasteiger partial charge in [0.15, 0.2) is 0 Å². The van der Waals surface area contributed by atoms with E-state index in [9.17, 15) is 9.18 Å². The Labute approximate surface area is 156 Å². The summed E-state index contributed by atoms with van der Waals surface area (Å²) in [4.78, 5) is 14.1. The second-order valence-corrected chi connectivity index (χ2v) is 7.52. The van der Waals surface area contributed by atoms with Crippen LogP contribution in [-0.2, 0) is 17.8 Å². The first-order chi connectivity index (χ1) is 12.1. The van der Waals surface area contributed by atoms with Gasteiger partial charge < -0.3 is 4.74 Å². The number of thioether (sulfide) groups is 1. The SMILES string of the molecule is CCN1C(=O)[C@H](Cc2ccccc2OCc2cccc(F)c2)SC1=S. The highest BCUT2D eigenvalue weighted by molar-refractivity contribution is 8.24. The molecule has 0 N–H and O–H groups in total. The van der Waals surface area contributed by atoms with E-state index in [0.29, 0.717) is 23.0 Å². The summed E-state index contributed by atoms with van der Waals surface area (Å²) in [5.41, 5.74) is 1.71. The Hall–Kier alpha value is -1.92. The predicted octanol–water partition coefficient (Wildman–Crippen LogP) is 4.20. The van der Waals surface area contributed by atoms with Crippen molar-refractivity contribution in [1.82, 2.24) is 4.90 Å². The van der Waals surface area contributed by atoms with Gasteiger partial charge in [-0.3, -0.25) is 9.69 Å². The third-order valence-corrected chi connectivity index (χ3v) is 5.57. The Kier molecular flexibility index (Phi) is 5.71. The van der Waals surface area contributed by atoms with Gasteiger partial charge in [0.25, 0.3) is 0 Å². The molecule has 2 aromatic rings. The molecule has 3 nitrogen and oxygen atoms in total. The Bertz CT molecular complexity index is 796. The Balaban J connectivity index is 1.71. The van der Waals surface area contributed by atoms with Crippen molar-refractivity contribution in [1.29, 1.82) is 0 Å². The molecule has 0 unspecified atom stereocenters. The lowest BCUT2D eigenvalue weighted by Crippen LogP contribution is -2.31. The molecule has 2 aromatic carbocycles. The molecule has 0 radical (unpaired) electrons. The van der Waals surface area contributed by atoms with E-state index >= 15 is 0 Å². The monoisotopic (exact) mass is 375 g/mol. The smallest absolute Gasteiger partial charge is 0.241 e. The third-order valence-electron chi connectivity index (χ3n) is 3.98. The number of amides is 1. The molecule has 3 rings (SSSR count). The van der Waals surface area contributed by atoms with Crippen LogP contribution in [0, 0.1) is 5.82 Å². The second-order valence-electron chi connectivity index (χ2n) is 5.69. The van der Waals surface area contributed by atoms with E-state index in [1.165, 1.54) is 23.9 Å². The number of hydrogen-bond acceptors (Lipinski definition) is 4. The number of carbonyl (C=O) groups is 1. The quantitative estimate of drug-likeness (QED) is 0.708. The molecule has 25 heavy (non-hydrogen) atoms. The van der Waals surface area contributed by atoms with Gasteiger partial charge in [-0.2, -0.15) is 0 Å². The van der Waals surface area contributed by atoms with Crippen LogP contribution in [0.5, 0.6) is 5.75 Å². The number of benzene rings is 2. The van der Waals surface area contributed by atoms with Crippen LogP contribution in [0.25, 0.3) is 0 Å². The van der Waals surface area contributed by atoms with Crippen LogP contribution in [0.3, 0.4) is 0 Å². The Morgan fingerprint density at radius 1 is 1.24 bits per heavy atom. The van der Waals surface area contributed by atoms with E-state index < -0.39 is 0 Å². The van der Waals surface area contributed by atoms with E-state index in [4.69, 9.17) is 17.0 Å². The molecule has 0 aromatic heterocycles. The minimum Gasteiger partial charge on any atom is -0.489 e. The van der Waals surface area contributed by atoms with Crippen LogP contribution in [0.4, 0.5) is 4.39 Å². The topological polar surface area (TPSA) is 29.5 Å². The fourth-order valence-corrected chi connectivity index (χ4v) is 4.36. The van der Waals surface area contributed by atoms with Gasteiger partial charge in [0.2, 0.25) is 5.91 Å². The molecule has 1 heterocycles. The van der Waals surface area contributed by atoms with Crippen molar-refractivity contribution in [2.75, 3.05) is 6.54 Å². The maximum atomic E-state index is 13.3. The molecule has 0 aliphatic carbocycles. The zero-order valence-electron chi connectivity index (χ0n) is 13.8. The average Bonchev–Trinajstić information content (AvgIpc) is 2.87. The number of para-hydroxylation sites is 1. The molecule has 1 aliphatic heterocycles. The summed E-state index contributed by atoms with van der Waals surface area (Å²) in [6.07, 6.45) is 0.555. The molecular weight excluding hydrogens is 357 g/mol. The Morgan fingerprint density at radius 2 is 2.04 bits per heavy atom. The molecule has 1 fully saturated rings. The highest BCUT2D eigenvalue weighted by Gasteiger charge is 2.36. The van der Waals surface area contributed by atoms with Crippen molar-refractivity contribution in [3.05, 3.63) is 65.5 Å². The van der Waals surface area contributed by atoms with E-state index in [1.807, 2.05) is 37.3 Å². The van der Waals surface area contributed by atoms with Gasteiger partial charge in [-0.25, -0.2) is 4.39 Å². The first-order valence-corrected chi connectivity index (χ1v) is 9.34. The lowest BCUT2D eigenvalue weighted by molar-refractivity contribution is -0.125. The minimum atomic E-state index is -0.282. The van der Waals surface area contributed by atoms with Crippen molar-refractivity contribution in [3.63, 3.8) is 0 Å². The average molecular weight is 375 g/mol. The molecule has 0 bridgehead atoms. The van der Waals surface area contributed by atoms with Crippen LogP contribution < -0.4 is 4.74 Å². The molecule has 1 atom stereocenters. The summed E-state index contributed by atoms with van der Waals surface area (Å²) in [5.74, 6) is 0.481. The van der Waals surface area contributed by atoms with Crippen LogP contribution >= 0.6 is 24.0 Å². The summed E-state index contributed by atoms with van der Waals surface area (Å²) in [5, 5.41) is -0.216. The molecule has 1 saturated heterocycles. The van der Waals surface area contributed by atoms with E-state index in [0.717, 1.165) is 11.1 Å². The van der Waals surface area contributed by atoms with Gasteiger partial charge in [-0.15, -0.1) is 0 Å². The van der Waals surface area contributed by atoms with Crippen molar-refractivity contribution < 1.29 is 13.9 Å². The van der Waals surface area contributed by atoms with Crippen molar-refractivity contribution in [2.24, 2.45) is 0 Å². The molecule has 6 heteroatoms. The van der Waals surface area contributed by atoms with Gasteiger partial charge in [-0.1, -0.05) is 54.3 Å². The summed E-state index contributed by atoms with van der Waals surface area (Å²) in [6, 6.07) is 14.0. The lowest BCUT2D eigenvalue weighted by Gasteiger charge is -2.14. The van der Waals surface area contributed by atoms with Crippen LogP contribution in [0.2, 0.25) is 0 Å². The Morgan fingerprint density at radius 3 is 2.76 bits per heavy atom. The first-order valence-electron chi connectivity index (χ1n) is 8.05. The van der Waals surface area contributed by atoms with E-state index in [1.54, 1.807) is 11.0 Å². The summed E-state index contributed by atoms with van der Waals surface area (Å²) < 4.78 is 19.8. The predicted molar refractivity (Wildman–Crippen MR) is 102 cm³/mol. The molecule has 1 aliphatic rings. The van der Waals surface area contributed by atoms with Gasteiger partial charge in [-0.05, 0) is 42.7 Å². The number of halogens is 1. The van der Waals surface area contributed by atoms with Crippen LogP contribution in [0.1, 0.15) is 18.1 Å². The molecular formula is C19H18FNO2S2. The summed E-state index contributed by atoms with van der Waals surface area (Å²) in [6.45, 7) is 2.79. The largest absolute Gasteiger partial charge is 0.489 e. The number of carbonyl (C=O) groups excluding carboxylic acids is 1. The highest BCUT2D eigenvalue weighted by atomic mass is 32.2.